The van der Waals surface area contributed by atoms with Gasteiger partial charge in [-0.1, -0.05) is 35.9 Å². The molecule has 226 valence electrons. The van der Waals surface area contributed by atoms with Gasteiger partial charge in [0.25, 0.3) is 0 Å². The predicted molar refractivity (Wildman–Crippen MR) is 170 cm³/mol. The Morgan fingerprint density at radius 1 is 1.14 bits per heavy atom. The third-order valence-electron chi connectivity index (χ3n) is 7.19. The van der Waals surface area contributed by atoms with E-state index in [4.69, 9.17) is 21.7 Å². The van der Waals surface area contributed by atoms with Crippen molar-refractivity contribution in [2.24, 2.45) is 7.05 Å². The monoisotopic (exact) mass is 621 g/mol. The first kappa shape index (κ1) is 30.8. The van der Waals surface area contributed by atoms with E-state index in [9.17, 15) is 14.4 Å². The van der Waals surface area contributed by atoms with Crippen LogP contribution in [0.4, 0.5) is 5.82 Å². The van der Waals surface area contributed by atoms with E-state index < -0.39 is 16.6 Å². The van der Waals surface area contributed by atoms with Crippen LogP contribution >= 0.6 is 11.6 Å². The molecule has 0 aliphatic carbocycles. The maximum absolute atomic E-state index is 13.3. The quantitative estimate of drug-likeness (QED) is 0.191. The molecule has 0 amide bonds. The summed E-state index contributed by atoms with van der Waals surface area (Å²) in [5, 5.41) is 28.9. The zero-order valence-corrected chi connectivity index (χ0v) is 26.4. The first-order valence-electron chi connectivity index (χ1n) is 14.0. The van der Waals surface area contributed by atoms with E-state index in [-0.39, 0.29) is 6.61 Å². The van der Waals surface area contributed by atoms with Crippen molar-refractivity contribution in [2.45, 2.75) is 44.2 Å². The van der Waals surface area contributed by atoms with Gasteiger partial charge in [-0.25, -0.2) is 18.5 Å². The number of nitrogens with zero attached hydrogens (tertiary/aromatic N) is 6. The molecule has 5 rings (SSSR count). The van der Waals surface area contributed by atoms with Crippen LogP contribution in [-0.4, -0.2) is 63.1 Å². The number of hydrogen-bond donors (Lipinski definition) is 3. The van der Waals surface area contributed by atoms with Crippen LogP contribution in [0.25, 0.3) is 28.2 Å². The lowest BCUT2D eigenvalue weighted by molar-refractivity contribution is 0.0740. The van der Waals surface area contributed by atoms with Crippen LogP contribution in [0, 0.1) is 6.92 Å². The van der Waals surface area contributed by atoms with E-state index in [2.05, 4.69) is 16.4 Å². The van der Waals surface area contributed by atoms with Gasteiger partial charge in [0.2, 0.25) is 0 Å². The molecule has 0 aliphatic rings. The second-order valence-electron chi connectivity index (χ2n) is 11.0. The number of fused-ring (bicyclic) bond motifs is 1. The van der Waals surface area contributed by atoms with Crippen molar-refractivity contribution in [2.75, 3.05) is 25.5 Å². The molecular formula is C31H36ClN7O3S. The predicted octanol–water partition coefficient (Wildman–Crippen LogP) is 4.93. The van der Waals surface area contributed by atoms with Crippen LogP contribution < -0.4 is 5.32 Å². The lowest BCUT2D eigenvalue weighted by Crippen LogP contribution is -2.23. The SMILES string of the molecule is Cc1nn2c(NCc3cccc(-c4nccn4C)c3)cc(C(C)(C)O)nc2c1-c1ccc(Cl)c(S(=O)N(C)CCCO)c1. The van der Waals surface area contributed by atoms with Crippen molar-refractivity contribution in [3.05, 3.63) is 82.9 Å². The molecule has 3 aromatic heterocycles. The van der Waals surface area contributed by atoms with E-state index in [1.165, 1.54) is 0 Å². The zero-order chi connectivity index (χ0) is 30.9. The van der Waals surface area contributed by atoms with Crippen molar-refractivity contribution < 1.29 is 14.4 Å². The number of imidazole rings is 1. The number of halogens is 1. The van der Waals surface area contributed by atoms with Gasteiger partial charge in [-0.3, -0.25) is 0 Å². The molecule has 0 radical (unpaired) electrons. The normalized spacial score (nSPS) is 12.8. The fraction of sp³-hybridized carbons (Fsp3) is 0.323. The van der Waals surface area contributed by atoms with E-state index in [0.29, 0.717) is 52.3 Å². The largest absolute Gasteiger partial charge is 0.396 e. The topological polar surface area (TPSA) is 121 Å². The number of nitrogens with one attached hydrogen (secondary N) is 1. The van der Waals surface area contributed by atoms with Gasteiger partial charge in [0.1, 0.15) is 28.2 Å². The van der Waals surface area contributed by atoms with Crippen LogP contribution in [0.2, 0.25) is 5.02 Å². The van der Waals surface area contributed by atoms with Gasteiger partial charge in [-0.05, 0) is 56.5 Å². The third kappa shape index (κ3) is 6.51. The van der Waals surface area contributed by atoms with Crippen molar-refractivity contribution in [3.8, 4) is 22.5 Å². The minimum absolute atomic E-state index is 0.0119. The van der Waals surface area contributed by atoms with Crippen LogP contribution in [-0.2, 0) is 30.2 Å². The summed E-state index contributed by atoms with van der Waals surface area (Å²) >= 11 is 6.50. The number of aliphatic hydroxyl groups is 2. The number of hydrogen-bond acceptors (Lipinski definition) is 7. The lowest BCUT2D eigenvalue weighted by atomic mass is 10.0. The number of aromatic nitrogens is 5. The smallest absolute Gasteiger partial charge is 0.165 e. The summed E-state index contributed by atoms with van der Waals surface area (Å²) in [6, 6.07) is 15.4. The summed E-state index contributed by atoms with van der Waals surface area (Å²) in [5.74, 6) is 1.55. The number of anilines is 1. The highest BCUT2D eigenvalue weighted by molar-refractivity contribution is 7.82. The van der Waals surface area contributed by atoms with Crippen LogP contribution in [0.15, 0.2) is 65.8 Å². The number of aliphatic hydroxyl groups excluding tert-OH is 1. The Labute approximate surface area is 258 Å². The summed E-state index contributed by atoms with van der Waals surface area (Å²) < 4.78 is 18.7. The summed E-state index contributed by atoms with van der Waals surface area (Å²) in [6.45, 7) is 6.25. The van der Waals surface area contributed by atoms with Crippen molar-refractivity contribution >= 4 is 34.1 Å². The van der Waals surface area contributed by atoms with Crippen molar-refractivity contribution in [1.29, 1.82) is 0 Å². The number of benzene rings is 2. The molecule has 0 fully saturated rings. The Kier molecular flexibility index (Phi) is 9.00. The van der Waals surface area contributed by atoms with E-state index in [1.54, 1.807) is 48.0 Å². The Morgan fingerprint density at radius 3 is 2.63 bits per heavy atom. The van der Waals surface area contributed by atoms with Crippen LogP contribution in [0.5, 0.6) is 0 Å². The second-order valence-corrected chi connectivity index (χ2v) is 13.0. The molecule has 5 aromatic rings. The van der Waals surface area contributed by atoms with Gasteiger partial charge in [0.15, 0.2) is 5.65 Å². The Bertz CT molecular complexity index is 1790. The van der Waals surface area contributed by atoms with E-state index >= 15 is 0 Å². The third-order valence-corrected chi connectivity index (χ3v) is 9.10. The molecule has 0 bridgehead atoms. The first-order valence-corrected chi connectivity index (χ1v) is 15.4. The average Bonchev–Trinajstić information content (AvgIpc) is 3.56. The molecule has 0 aliphatic heterocycles. The molecule has 3 heterocycles. The van der Waals surface area contributed by atoms with Gasteiger partial charge >= 0.3 is 0 Å². The Hall–Kier alpha value is -3.61. The molecule has 0 saturated heterocycles. The molecule has 1 unspecified atom stereocenters. The van der Waals surface area contributed by atoms with Gasteiger partial charge in [-0.15, -0.1) is 0 Å². The van der Waals surface area contributed by atoms with E-state index in [0.717, 1.165) is 28.1 Å². The number of rotatable bonds is 11. The van der Waals surface area contributed by atoms with Gasteiger partial charge in [0.05, 0.1) is 21.3 Å². The van der Waals surface area contributed by atoms with Crippen molar-refractivity contribution in [1.82, 2.24) is 28.5 Å². The fourth-order valence-corrected chi connectivity index (χ4v) is 6.30. The lowest BCUT2D eigenvalue weighted by Gasteiger charge is -2.19. The zero-order valence-electron chi connectivity index (χ0n) is 24.9. The fourth-order valence-electron chi connectivity index (χ4n) is 4.89. The maximum atomic E-state index is 13.3. The second kappa shape index (κ2) is 12.6. The van der Waals surface area contributed by atoms with Gasteiger partial charge in [0, 0.05) is 63.4 Å². The molecule has 10 nitrogen and oxygen atoms in total. The molecule has 0 saturated carbocycles. The van der Waals surface area contributed by atoms with Crippen LogP contribution in [0.3, 0.4) is 0 Å². The highest BCUT2D eigenvalue weighted by Crippen LogP contribution is 2.34. The molecule has 12 heteroatoms. The Balaban J connectivity index is 1.55. The highest BCUT2D eigenvalue weighted by Gasteiger charge is 2.25. The summed E-state index contributed by atoms with van der Waals surface area (Å²) in [6.07, 6.45) is 4.20. The maximum Gasteiger partial charge on any atom is 0.165 e. The molecule has 3 N–H and O–H groups in total. The molecule has 0 spiro atoms. The molecular weight excluding hydrogens is 586 g/mol. The molecule has 2 aromatic carbocycles. The average molecular weight is 622 g/mol. The molecule has 43 heavy (non-hydrogen) atoms. The summed E-state index contributed by atoms with van der Waals surface area (Å²) in [7, 11) is 2.17. The van der Waals surface area contributed by atoms with Gasteiger partial charge in [-0.2, -0.15) is 9.61 Å². The highest BCUT2D eigenvalue weighted by atomic mass is 35.5. The van der Waals surface area contributed by atoms with Crippen LogP contribution in [0.1, 0.15) is 37.2 Å². The van der Waals surface area contributed by atoms with Gasteiger partial charge < -0.3 is 20.1 Å². The summed E-state index contributed by atoms with van der Waals surface area (Å²) in [4.78, 5) is 9.77. The van der Waals surface area contributed by atoms with Crippen molar-refractivity contribution in [3.63, 3.8) is 0 Å². The number of aryl methyl sites for hydroxylation is 2. The molecule has 1 atom stereocenters. The minimum atomic E-state index is -1.53. The minimum Gasteiger partial charge on any atom is -0.396 e. The first-order chi connectivity index (χ1) is 20.5. The Morgan fingerprint density at radius 2 is 1.93 bits per heavy atom. The standard InChI is InChI=1S/C31H36ClN7O3S/c1-20-28(22-10-11-24(32)25(17-22)43(42)38(5)13-7-15-40)30-35-26(31(2,3)41)18-27(39(30)36-20)34-19-21-8-6-9-23(16-21)29-33-12-14-37(29)4/h6,8-12,14,16-18,34,40-41H,7,13,15,19H2,1-5H3. The van der Waals surface area contributed by atoms with E-state index in [1.807, 2.05) is 55.1 Å². The summed E-state index contributed by atoms with van der Waals surface area (Å²) in [5.41, 5.74) is 4.10.